The van der Waals surface area contributed by atoms with E-state index in [2.05, 4.69) is 22.4 Å². The quantitative estimate of drug-likeness (QED) is 0.718. The fraction of sp³-hybridized carbons (Fsp3) is 0.667. The molecule has 0 bridgehead atoms. The van der Waals surface area contributed by atoms with E-state index >= 15 is 0 Å². The van der Waals surface area contributed by atoms with Gasteiger partial charge in [-0.15, -0.1) is 22.9 Å². The van der Waals surface area contributed by atoms with Crippen LogP contribution in [0.3, 0.4) is 0 Å². The van der Waals surface area contributed by atoms with Crippen molar-refractivity contribution in [3.8, 4) is 0 Å². The highest BCUT2D eigenvalue weighted by atomic mass is 35.5. The first-order valence-electron chi connectivity index (χ1n) is 5.69. The molecule has 1 atom stereocenters. The van der Waals surface area contributed by atoms with Crippen molar-refractivity contribution in [3.05, 3.63) is 22.4 Å². The summed E-state index contributed by atoms with van der Waals surface area (Å²) in [5.41, 5.74) is 0. The van der Waals surface area contributed by atoms with E-state index in [9.17, 15) is 0 Å². The van der Waals surface area contributed by atoms with E-state index in [1.54, 1.807) is 0 Å². The predicted molar refractivity (Wildman–Crippen MR) is 67.9 cm³/mol. The van der Waals surface area contributed by atoms with Crippen LogP contribution in [0.2, 0.25) is 0 Å². The summed E-state index contributed by atoms with van der Waals surface area (Å²) >= 11 is 7.64. The van der Waals surface area contributed by atoms with Gasteiger partial charge in [0.25, 0.3) is 0 Å². The fourth-order valence-corrected chi connectivity index (χ4v) is 3.24. The molecule has 84 valence electrons. The Balaban J connectivity index is 1.69. The van der Waals surface area contributed by atoms with Crippen molar-refractivity contribution in [3.63, 3.8) is 0 Å². The predicted octanol–water partition coefficient (Wildman–Crippen LogP) is 3.24. The molecule has 15 heavy (non-hydrogen) atoms. The van der Waals surface area contributed by atoms with Crippen LogP contribution in [0.25, 0.3) is 0 Å². The van der Waals surface area contributed by atoms with Crippen LogP contribution in [0.15, 0.2) is 17.5 Å². The van der Waals surface area contributed by atoms with E-state index in [1.807, 2.05) is 11.3 Å². The Morgan fingerprint density at radius 1 is 1.53 bits per heavy atom. The molecule has 1 aromatic heterocycles. The van der Waals surface area contributed by atoms with Gasteiger partial charge in [-0.2, -0.15) is 0 Å². The fourth-order valence-electron chi connectivity index (χ4n) is 2.23. The Kier molecular flexibility index (Phi) is 4.48. The summed E-state index contributed by atoms with van der Waals surface area (Å²) in [6.45, 7) is 3.75. The molecular weight excluding hydrogens is 226 g/mol. The molecule has 0 aliphatic carbocycles. The Morgan fingerprint density at radius 2 is 2.47 bits per heavy atom. The summed E-state index contributed by atoms with van der Waals surface area (Å²) in [6.07, 6.45) is 3.75. The number of hydrogen-bond acceptors (Lipinski definition) is 2. The lowest BCUT2D eigenvalue weighted by atomic mass is 10.1. The standard InChI is InChI=1S/C12H18ClNS/c13-6-3-11-4-7-14(10-11)8-5-12-2-1-9-15-12/h1-2,9,11H,3-8,10H2. The zero-order valence-electron chi connectivity index (χ0n) is 8.99. The first-order chi connectivity index (χ1) is 7.38. The van der Waals surface area contributed by atoms with Crippen LogP contribution < -0.4 is 0 Å². The number of rotatable bonds is 5. The van der Waals surface area contributed by atoms with Gasteiger partial charge in [0, 0.05) is 23.8 Å². The maximum Gasteiger partial charge on any atom is 0.0226 e. The number of thiophene rings is 1. The third kappa shape index (κ3) is 3.47. The van der Waals surface area contributed by atoms with Crippen molar-refractivity contribution in [2.75, 3.05) is 25.5 Å². The summed E-state index contributed by atoms with van der Waals surface area (Å²) in [4.78, 5) is 4.09. The normalized spacial score (nSPS) is 22.3. The molecule has 0 saturated carbocycles. The monoisotopic (exact) mass is 243 g/mol. The zero-order valence-corrected chi connectivity index (χ0v) is 10.6. The lowest BCUT2D eigenvalue weighted by molar-refractivity contribution is 0.328. The molecule has 0 radical (unpaired) electrons. The molecule has 0 aromatic carbocycles. The van der Waals surface area contributed by atoms with Gasteiger partial charge in [-0.1, -0.05) is 6.07 Å². The second kappa shape index (κ2) is 5.88. The Hall–Kier alpha value is -0.0500. The second-order valence-electron chi connectivity index (χ2n) is 4.26. The summed E-state index contributed by atoms with van der Waals surface area (Å²) < 4.78 is 0. The van der Waals surface area contributed by atoms with Crippen LogP contribution in [0.1, 0.15) is 17.7 Å². The van der Waals surface area contributed by atoms with Gasteiger partial charge in [0.1, 0.15) is 0 Å². The second-order valence-corrected chi connectivity index (χ2v) is 5.67. The highest BCUT2D eigenvalue weighted by Gasteiger charge is 2.21. The van der Waals surface area contributed by atoms with E-state index in [0.717, 1.165) is 11.8 Å². The molecule has 2 rings (SSSR count). The minimum absolute atomic E-state index is 0.823. The molecule has 0 amide bonds. The van der Waals surface area contributed by atoms with Crippen molar-refractivity contribution in [1.82, 2.24) is 4.90 Å². The molecule has 1 aromatic rings. The Bertz CT molecular complexity index is 273. The number of likely N-dealkylation sites (tertiary alicyclic amines) is 1. The van der Waals surface area contributed by atoms with Gasteiger partial charge in [0.05, 0.1) is 0 Å². The molecule has 1 unspecified atom stereocenters. The maximum atomic E-state index is 5.77. The third-order valence-corrected chi connectivity index (χ3v) is 4.30. The van der Waals surface area contributed by atoms with Crippen LogP contribution in [0.4, 0.5) is 0 Å². The topological polar surface area (TPSA) is 3.24 Å². The number of hydrogen-bond donors (Lipinski definition) is 0. The van der Waals surface area contributed by atoms with Gasteiger partial charge >= 0.3 is 0 Å². The summed E-state index contributed by atoms with van der Waals surface area (Å²) in [7, 11) is 0. The molecule has 2 heterocycles. The molecule has 1 nitrogen and oxygen atoms in total. The van der Waals surface area contributed by atoms with Gasteiger partial charge in [-0.25, -0.2) is 0 Å². The number of nitrogens with zero attached hydrogens (tertiary/aromatic N) is 1. The summed E-state index contributed by atoms with van der Waals surface area (Å²) in [6, 6.07) is 4.37. The molecule has 1 fully saturated rings. The average Bonchev–Trinajstić information content (AvgIpc) is 2.85. The molecule has 0 N–H and O–H groups in total. The first-order valence-corrected chi connectivity index (χ1v) is 7.10. The van der Waals surface area contributed by atoms with Gasteiger partial charge in [0.2, 0.25) is 0 Å². The van der Waals surface area contributed by atoms with Crippen LogP contribution in [-0.2, 0) is 6.42 Å². The summed E-state index contributed by atoms with van der Waals surface area (Å²) in [5, 5.41) is 2.16. The van der Waals surface area contributed by atoms with Crippen molar-refractivity contribution < 1.29 is 0 Å². The smallest absolute Gasteiger partial charge is 0.0226 e. The van der Waals surface area contributed by atoms with E-state index < -0.39 is 0 Å². The SMILES string of the molecule is ClCCC1CCN(CCc2cccs2)C1. The van der Waals surface area contributed by atoms with Crippen molar-refractivity contribution in [1.29, 1.82) is 0 Å². The van der Waals surface area contributed by atoms with Crippen molar-refractivity contribution >= 4 is 22.9 Å². The highest BCUT2D eigenvalue weighted by Crippen LogP contribution is 2.20. The van der Waals surface area contributed by atoms with Crippen LogP contribution >= 0.6 is 22.9 Å². The molecule has 0 spiro atoms. The van der Waals surface area contributed by atoms with E-state index in [-0.39, 0.29) is 0 Å². The maximum absolute atomic E-state index is 5.77. The third-order valence-electron chi connectivity index (χ3n) is 3.14. The minimum Gasteiger partial charge on any atom is -0.303 e. The Labute approximate surface area is 101 Å². The Morgan fingerprint density at radius 3 is 3.20 bits per heavy atom. The van der Waals surface area contributed by atoms with Crippen molar-refractivity contribution in [2.45, 2.75) is 19.3 Å². The molecule has 1 aliphatic rings. The molecule has 1 saturated heterocycles. The summed E-state index contributed by atoms with van der Waals surface area (Å²) in [5.74, 6) is 1.68. The number of halogens is 1. The van der Waals surface area contributed by atoms with Gasteiger partial charge in [-0.3, -0.25) is 0 Å². The van der Waals surface area contributed by atoms with Crippen molar-refractivity contribution in [2.24, 2.45) is 5.92 Å². The minimum atomic E-state index is 0.823. The van der Waals surface area contributed by atoms with Crippen LogP contribution in [0.5, 0.6) is 0 Å². The van der Waals surface area contributed by atoms with Gasteiger partial charge in [-0.05, 0) is 43.2 Å². The molecule has 3 heteroatoms. The van der Waals surface area contributed by atoms with E-state index in [1.165, 1.54) is 43.8 Å². The molecule has 1 aliphatic heterocycles. The zero-order chi connectivity index (χ0) is 10.5. The highest BCUT2D eigenvalue weighted by molar-refractivity contribution is 7.09. The molecular formula is C12H18ClNS. The van der Waals surface area contributed by atoms with Gasteiger partial charge in [0.15, 0.2) is 0 Å². The van der Waals surface area contributed by atoms with Crippen LogP contribution in [0, 0.1) is 5.92 Å². The average molecular weight is 244 g/mol. The lowest BCUT2D eigenvalue weighted by Crippen LogP contribution is -2.23. The van der Waals surface area contributed by atoms with E-state index in [4.69, 9.17) is 11.6 Å². The lowest BCUT2D eigenvalue weighted by Gasteiger charge is -2.14. The van der Waals surface area contributed by atoms with Gasteiger partial charge < -0.3 is 4.90 Å². The largest absolute Gasteiger partial charge is 0.303 e. The first kappa shape index (κ1) is 11.4. The number of alkyl halides is 1. The van der Waals surface area contributed by atoms with E-state index in [0.29, 0.717) is 0 Å². The van der Waals surface area contributed by atoms with Crippen LogP contribution in [-0.4, -0.2) is 30.4 Å².